The third-order valence-corrected chi connectivity index (χ3v) is 1.35. The van der Waals surface area contributed by atoms with Crippen LogP contribution in [0.2, 0.25) is 0 Å². The quantitative estimate of drug-likeness (QED) is 0.661. The summed E-state index contributed by atoms with van der Waals surface area (Å²) < 4.78 is 0. The Balaban J connectivity index is 2.29. The van der Waals surface area contributed by atoms with Gasteiger partial charge in [0.15, 0.2) is 0 Å². The zero-order chi connectivity index (χ0) is 8.10. The summed E-state index contributed by atoms with van der Waals surface area (Å²) in [5.74, 6) is 0.0552. The molecule has 0 aromatic carbocycles. The molecule has 4 nitrogen and oxygen atoms in total. The molecule has 11 heavy (non-hydrogen) atoms. The first kappa shape index (κ1) is 7.78. The molecule has 1 amide bonds. The fraction of sp³-hybridized carbons (Fsp3) is 0.429. The molecule has 60 valence electrons. The zero-order valence-corrected chi connectivity index (χ0v) is 6.42. The van der Waals surface area contributed by atoms with Gasteiger partial charge in [-0.15, -0.1) is 0 Å². The van der Waals surface area contributed by atoms with Crippen molar-refractivity contribution in [1.29, 1.82) is 0 Å². The van der Waals surface area contributed by atoms with Crippen molar-refractivity contribution in [1.82, 2.24) is 15.3 Å². The van der Waals surface area contributed by atoms with Gasteiger partial charge in [0, 0.05) is 12.6 Å². The molecule has 2 N–H and O–H groups in total. The second-order valence-electron chi connectivity index (χ2n) is 2.21. The van der Waals surface area contributed by atoms with E-state index >= 15 is 0 Å². The van der Waals surface area contributed by atoms with Gasteiger partial charge in [-0.1, -0.05) is 6.92 Å². The minimum atomic E-state index is 0.0552. The lowest BCUT2D eigenvalue weighted by Gasteiger charge is -1.98. The number of H-pyrrole nitrogens is 1. The average Bonchev–Trinajstić information content (AvgIpc) is 2.52. The smallest absolute Gasteiger partial charge is 0.220 e. The number of hydrogen-bond donors (Lipinski definition) is 2. The summed E-state index contributed by atoms with van der Waals surface area (Å²) >= 11 is 0. The molecule has 0 unspecified atom stereocenters. The van der Waals surface area contributed by atoms with Gasteiger partial charge in [-0.05, 0) is 0 Å². The maximum absolute atomic E-state index is 10.8. The molecule has 0 aliphatic rings. The van der Waals surface area contributed by atoms with E-state index in [0.717, 1.165) is 5.69 Å². The first-order valence-electron chi connectivity index (χ1n) is 3.57. The van der Waals surface area contributed by atoms with E-state index in [1.807, 2.05) is 6.92 Å². The highest BCUT2D eigenvalue weighted by Gasteiger charge is 1.96. The van der Waals surface area contributed by atoms with Gasteiger partial charge in [-0.25, -0.2) is 4.98 Å². The van der Waals surface area contributed by atoms with Crippen molar-refractivity contribution in [3.63, 3.8) is 0 Å². The number of aromatic amines is 1. The molecule has 0 aliphatic carbocycles. The van der Waals surface area contributed by atoms with Crippen molar-refractivity contribution in [3.8, 4) is 0 Å². The van der Waals surface area contributed by atoms with Crippen LogP contribution in [0.25, 0.3) is 0 Å². The minimum absolute atomic E-state index is 0.0552. The van der Waals surface area contributed by atoms with E-state index in [0.29, 0.717) is 13.0 Å². The molecule has 1 rings (SSSR count). The van der Waals surface area contributed by atoms with E-state index in [1.54, 1.807) is 12.5 Å². The number of rotatable bonds is 3. The molecule has 0 aliphatic heterocycles. The Hall–Kier alpha value is -1.32. The third kappa shape index (κ3) is 2.41. The van der Waals surface area contributed by atoms with Crippen LogP contribution in [-0.4, -0.2) is 15.9 Å². The Labute approximate surface area is 65.0 Å². The van der Waals surface area contributed by atoms with Gasteiger partial charge in [0.1, 0.15) is 0 Å². The van der Waals surface area contributed by atoms with Crippen LogP contribution in [0.1, 0.15) is 19.0 Å². The van der Waals surface area contributed by atoms with E-state index in [1.165, 1.54) is 0 Å². The number of nitrogens with one attached hydrogen (secondary N) is 2. The van der Waals surface area contributed by atoms with Crippen LogP contribution in [0.3, 0.4) is 0 Å². The van der Waals surface area contributed by atoms with Gasteiger partial charge in [-0.3, -0.25) is 4.79 Å². The summed E-state index contributed by atoms with van der Waals surface area (Å²) in [6.45, 7) is 2.36. The van der Waals surface area contributed by atoms with Crippen LogP contribution in [0.5, 0.6) is 0 Å². The van der Waals surface area contributed by atoms with Crippen LogP contribution in [-0.2, 0) is 11.3 Å². The Morgan fingerprint density at radius 3 is 3.18 bits per heavy atom. The topological polar surface area (TPSA) is 57.8 Å². The van der Waals surface area contributed by atoms with Gasteiger partial charge in [0.2, 0.25) is 5.91 Å². The Kier molecular flexibility index (Phi) is 2.66. The van der Waals surface area contributed by atoms with Gasteiger partial charge in [0.25, 0.3) is 0 Å². The normalized spacial score (nSPS) is 9.55. The molecular weight excluding hydrogens is 142 g/mol. The van der Waals surface area contributed by atoms with Crippen molar-refractivity contribution in [2.24, 2.45) is 0 Å². The number of amides is 1. The molecule has 4 heteroatoms. The maximum Gasteiger partial charge on any atom is 0.220 e. The lowest BCUT2D eigenvalue weighted by Crippen LogP contribution is -2.21. The zero-order valence-electron chi connectivity index (χ0n) is 6.42. The number of aromatic nitrogens is 2. The van der Waals surface area contributed by atoms with Crippen molar-refractivity contribution in [2.45, 2.75) is 19.9 Å². The van der Waals surface area contributed by atoms with Crippen LogP contribution in [0, 0.1) is 0 Å². The van der Waals surface area contributed by atoms with Gasteiger partial charge >= 0.3 is 0 Å². The SMILES string of the molecule is CCC(=O)NCc1cnc[nH]1. The number of carbonyl (C=O) groups is 1. The van der Waals surface area contributed by atoms with E-state index in [2.05, 4.69) is 15.3 Å². The predicted octanol–water partition coefficient (Wildman–Crippen LogP) is 0.436. The summed E-state index contributed by atoms with van der Waals surface area (Å²) in [7, 11) is 0. The lowest BCUT2D eigenvalue weighted by atomic mass is 10.4. The van der Waals surface area contributed by atoms with Gasteiger partial charge in [-0.2, -0.15) is 0 Å². The van der Waals surface area contributed by atoms with E-state index in [4.69, 9.17) is 0 Å². The Morgan fingerprint density at radius 1 is 1.82 bits per heavy atom. The fourth-order valence-corrected chi connectivity index (χ4v) is 0.700. The van der Waals surface area contributed by atoms with Crippen LogP contribution < -0.4 is 5.32 Å². The summed E-state index contributed by atoms with van der Waals surface area (Å²) in [5, 5.41) is 2.72. The molecule has 0 fully saturated rings. The number of imidazole rings is 1. The van der Waals surface area contributed by atoms with E-state index < -0.39 is 0 Å². The monoisotopic (exact) mass is 153 g/mol. The standard InChI is InChI=1S/C7H11N3O/c1-2-7(11)9-4-6-3-8-5-10-6/h3,5H,2,4H2,1H3,(H,8,10)(H,9,11). The minimum Gasteiger partial charge on any atom is -0.350 e. The molecule has 0 atom stereocenters. The van der Waals surface area contributed by atoms with Gasteiger partial charge < -0.3 is 10.3 Å². The lowest BCUT2D eigenvalue weighted by molar-refractivity contribution is -0.120. The average molecular weight is 153 g/mol. The van der Waals surface area contributed by atoms with Crippen molar-refractivity contribution < 1.29 is 4.79 Å². The van der Waals surface area contributed by atoms with E-state index in [9.17, 15) is 4.79 Å². The van der Waals surface area contributed by atoms with Gasteiger partial charge in [0.05, 0.1) is 18.6 Å². The molecule has 0 spiro atoms. The van der Waals surface area contributed by atoms with Crippen LogP contribution >= 0.6 is 0 Å². The Bertz CT molecular complexity index is 218. The first-order chi connectivity index (χ1) is 5.33. The Morgan fingerprint density at radius 2 is 2.64 bits per heavy atom. The summed E-state index contributed by atoms with van der Waals surface area (Å²) in [4.78, 5) is 17.5. The largest absolute Gasteiger partial charge is 0.350 e. The second-order valence-corrected chi connectivity index (χ2v) is 2.21. The third-order valence-electron chi connectivity index (χ3n) is 1.35. The highest BCUT2D eigenvalue weighted by atomic mass is 16.1. The highest BCUT2D eigenvalue weighted by Crippen LogP contribution is 1.89. The fourth-order valence-electron chi connectivity index (χ4n) is 0.700. The number of carbonyl (C=O) groups excluding carboxylic acids is 1. The summed E-state index contributed by atoms with van der Waals surface area (Å²) in [5.41, 5.74) is 0.923. The number of nitrogens with zero attached hydrogens (tertiary/aromatic N) is 1. The molecule has 0 radical (unpaired) electrons. The summed E-state index contributed by atoms with van der Waals surface area (Å²) in [6.07, 6.45) is 3.80. The summed E-state index contributed by atoms with van der Waals surface area (Å²) in [6, 6.07) is 0. The van der Waals surface area contributed by atoms with E-state index in [-0.39, 0.29) is 5.91 Å². The maximum atomic E-state index is 10.8. The second kappa shape index (κ2) is 3.75. The predicted molar refractivity (Wildman–Crippen MR) is 40.7 cm³/mol. The molecular formula is C7H11N3O. The van der Waals surface area contributed by atoms with Crippen LogP contribution in [0.4, 0.5) is 0 Å². The molecule has 1 aromatic rings. The van der Waals surface area contributed by atoms with Crippen LogP contribution in [0.15, 0.2) is 12.5 Å². The highest BCUT2D eigenvalue weighted by molar-refractivity contribution is 5.75. The van der Waals surface area contributed by atoms with Crippen molar-refractivity contribution in [2.75, 3.05) is 0 Å². The molecule has 1 heterocycles. The molecule has 0 bridgehead atoms. The molecule has 0 saturated heterocycles. The molecule has 0 saturated carbocycles. The van der Waals surface area contributed by atoms with Crippen molar-refractivity contribution in [3.05, 3.63) is 18.2 Å². The first-order valence-corrected chi connectivity index (χ1v) is 3.57. The number of hydrogen-bond acceptors (Lipinski definition) is 2. The van der Waals surface area contributed by atoms with Crippen molar-refractivity contribution >= 4 is 5.91 Å². The molecule has 1 aromatic heterocycles.